The molecule has 2 aliphatic rings. The number of carboxylic acids is 1. The van der Waals surface area contributed by atoms with Crippen LogP contribution >= 0.6 is 0 Å². The van der Waals surface area contributed by atoms with Crippen LogP contribution in [0, 0.1) is 17.8 Å². The Morgan fingerprint density at radius 2 is 1.65 bits per heavy atom. The zero-order chi connectivity index (χ0) is 16.2. The van der Waals surface area contributed by atoms with E-state index in [-0.39, 0.29) is 17.7 Å². The summed E-state index contributed by atoms with van der Waals surface area (Å²) >= 11 is 0. The Bertz CT molecular complexity index is 549. The second-order valence-electron chi connectivity index (χ2n) is 7.02. The number of aliphatic carboxylic acids is 1. The first-order valence-electron chi connectivity index (χ1n) is 8.69. The highest BCUT2D eigenvalue weighted by Gasteiger charge is 2.34. The van der Waals surface area contributed by atoms with Gasteiger partial charge in [-0.15, -0.1) is 0 Å². The lowest BCUT2D eigenvalue weighted by molar-refractivity contribution is -0.145. The number of likely N-dealkylation sites (tertiary alicyclic amines) is 1. The highest BCUT2D eigenvalue weighted by molar-refractivity contribution is 5.79. The highest BCUT2D eigenvalue weighted by atomic mass is 16.4. The number of hydrogen-bond acceptors (Lipinski definition) is 2. The molecule has 0 aromatic heterocycles. The number of nitrogens with zero attached hydrogens (tertiary/aromatic N) is 1. The summed E-state index contributed by atoms with van der Waals surface area (Å²) in [4.78, 5) is 25.7. The van der Waals surface area contributed by atoms with Gasteiger partial charge in [0.05, 0.1) is 5.92 Å². The van der Waals surface area contributed by atoms with Crippen molar-refractivity contribution in [2.24, 2.45) is 17.8 Å². The second kappa shape index (κ2) is 7.16. The van der Waals surface area contributed by atoms with E-state index in [2.05, 4.69) is 24.3 Å². The Hall–Kier alpha value is -1.84. The molecule has 3 rings (SSSR count). The van der Waals surface area contributed by atoms with Crippen LogP contribution in [0.1, 0.15) is 37.7 Å². The fourth-order valence-electron chi connectivity index (χ4n) is 3.99. The van der Waals surface area contributed by atoms with Gasteiger partial charge in [0.25, 0.3) is 0 Å². The third kappa shape index (κ3) is 3.92. The first-order chi connectivity index (χ1) is 11.1. The molecule has 1 heterocycles. The molecule has 1 atom stereocenters. The molecule has 1 saturated heterocycles. The lowest BCUT2D eigenvalue weighted by Crippen LogP contribution is -2.37. The standard InChI is InChI=1S/C19H25NO3/c21-18(16-6-8-17(9-7-16)19(22)23)20-11-10-15(13-20)12-14-4-2-1-3-5-14/h1-5,15-17H,6-13H2,(H,22,23). The van der Waals surface area contributed by atoms with Crippen LogP contribution in [0.25, 0.3) is 0 Å². The molecule has 0 spiro atoms. The van der Waals surface area contributed by atoms with Gasteiger partial charge < -0.3 is 10.0 Å². The summed E-state index contributed by atoms with van der Waals surface area (Å²) in [6, 6.07) is 10.5. The van der Waals surface area contributed by atoms with Crippen molar-refractivity contribution in [1.82, 2.24) is 4.90 Å². The zero-order valence-electron chi connectivity index (χ0n) is 13.5. The van der Waals surface area contributed by atoms with Crippen molar-refractivity contribution < 1.29 is 14.7 Å². The summed E-state index contributed by atoms with van der Waals surface area (Å²) in [5, 5.41) is 9.05. The van der Waals surface area contributed by atoms with Gasteiger partial charge in [-0.2, -0.15) is 0 Å². The van der Waals surface area contributed by atoms with Crippen molar-refractivity contribution in [2.45, 2.75) is 38.5 Å². The number of rotatable bonds is 4. The number of benzene rings is 1. The molecular formula is C19H25NO3. The first kappa shape index (κ1) is 16.0. The van der Waals surface area contributed by atoms with Gasteiger partial charge in [0.2, 0.25) is 5.91 Å². The van der Waals surface area contributed by atoms with E-state index in [1.807, 2.05) is 11.0 Å². The van der Waals surface area contributed by atoms with Crippen molar-refractivity contribution in [3.63, 3.8) is 0 Å². The molecule has 4 nitrogen and oxygen atoms in total. The summed E-state index contributed by atoms with van der Waals surface area (Å²) < 4.78 is 0. The van der Waals surface area contributed by atoms with Crippen LogP contribution in [0.2, 0.25) is 0 Å². The number of carbonyl (C=O) groups excluding carboxylic acids is 1. The van der Waals surface area contributed by atoms with Gasteiger partial charge in [-0.3, -0.25) is 9.59 Å². The molecule has 0 radical (unpaired) electrons. The lowest BCUT2D eigenvalue weighted by atomic mass is 9.81. The minimum absolute atomic E-state index is 0.0427. The van der Waals surface area contributed by atoms with Crippen LogP contribution in [0.4, 0.5) is 0 Å². The molecular weight excluding hydrogens is 290 g/mol. The molecule has 1 N–H and O–H groups in total. The van der Waals surface area contributed by atoms with Crippen molar-refractivity contribution in [2.75, 3.05) is 13.1 Å². The summed E-state index contributed by atoms with van der Waals surface area (Å²) in [7, 11) is 0. The van der Waals surface area contributed by atoms with Crippen LogP contribution in [0.5, 0.6) is 0 Å². The SMILES string of the molecule is O=C(O)C1CCC(C(=O)N2CCC(Cc3ccccc3)C2)CC1. The molecule has 1 unspecified atom stereocenters. The molecule has 1 saturated carbocycles. The number of hydrogen-bond donors (Lipinski definition) is 1. The number of amides is 1. The van der Waals surface area contributed by atoms with E-state index in [4.69, 9.17) is 5.11 Å². The van der Waals surface area contributed by atoms with Crippen LogP contribution < -0.4 is 0 Å². The Labute approximate surface area is 137 Å². The number of carbonyl (C=O) groups is 2. The maximum atomic E-state index is 12.7. The summed E-state index contributed by atoms with van der Waals surface area (Å²) in [6.45, 7) is 1.71. The Balaban J connectivity index is 1.49. The van der Waals surface area contributed by atoms with Gasteiger partial charge in [0.15, 0.2) is 0 Å². The maximum absolute atomic E-state index is 12.7. The van der Waals surface area contributed by atoms with Crippen LogP contribution in [0.15, 0.2) is 30.3 Å². The van der Waals surface area contributed by atoms with Crippen LogP contribution in [-0.4, -0.2) is 35.0 Å². The van der Waals surface area contributed by atoms with Crippen LogP contribution in [-0.2, 0) is 16.0 Å². The molecule has 1 amide bonds. The summed E-state index contributed by atoms with van der Waals surface area (Å²) in [5.74, 6) is -0.106. The van der Waals surface area contributed by atoms with Crippen molar-refractivity contribution >= 4 is 11.9 Å². The first-order valence-corrected chi connectivity index (χ1v) is 8.69. The monoisotopic (exact) mass is 315 g/mol. The Morgan fingerprint density at radius 1 is 1.00 bits per heavy atom. The molecule has 1 aliphatic carbocycles. The molecule has 1 aromatic rings. The van der Waals surface area contributed by atoms with Gasteiger partial charge in [0, 0.05) is 19.0 Å². The van der Waals surface area contributed by atoms with E-state index in [0.29, 0.717) is 18.8 Å². The van der Waals surface area contributed by atoms with E-state index >= 15 is 0 Å². The van der Waals surface area contributed by atoms with Gasteiger partial charge >= 0.3 is 5.97 Å². The average Bonchev–Trinajstić information content (AvgIpc) is 3.03. The van der Waals surface area contributed by atoms with Crippen molar-refractivity contribution in [3.8, 4) is 0 Å². The zero-order valence-corrected chi connectivity index (χ0v) is 13.5. The molecule has 124 valence electrons. The highest BCUT2D eigenvalue weighted by Crippen LogP contribution is 2.32. The fraction of sp³-hybridized carbons (Fsp3) is 0.579. The molecule has 23 heavy (non-hydrogen) atoms. The maximum Gasteiger partial charge on any atom is 0.306 e. The predicted octanol–water partition coefficient (Wildman–Crippen LogP) is 2.97. The van der Waals surface area contributed by atoms with Crippen LogP contribution in [0.3, 0.4) is 0 Å². The minimum Gasteiger partial charge on any atom is -0.481 e. The second-order valence-corrected chi connectivity index (χ2v) is 7.02. The van der Waals surface area contributed by atoms with Crippen molar-refractivity contribution in [1.29, 1.82) is 0 Å². The van der Waals surface area contributed by atoms with Gasteiger partial charge in [-0.05, 0) is 50.0 Å². The van der Waals surface area contributed by atoms with Gasteiger partial charge in [-0.1, -0.05) is 30.3 Å². The molecule has 0 bridgehead atoms. The van der Waals surface area contributed by atoms with E-state index in [9.17, 15) is 9.59 Å². The Kier molecular flexibility index (Phi) is 4.99. The lowest BCUT2D eigenvalue weighted by Gasteiger charge is -2.29. The van der Waals surface area contributed by atoms with Gasteiger partial charge in [-0.25, -0.2) is 0 Å². The number of carboxylic acid groups (broad SMARTS) is 1. The normalized spacial score (nSPS) is 27.8. The molecule has 1 aromatic carbocycles. The Morgan fingerprint density at radius 3 is 2.30 bits per heavy atom. The van der Waals surface area contributed by atoms with E-state index < -0.39 is 5.97 Å². The summed E-state index contributed by atoms with van der Waals surface area (Å²) in [5.41, 5.74) is 1.34. The van der Waals surface area contributed by atoms with Crippen molar-refractivity contribution in [3.05, 3.63) is 35.9 Å². The van der Waals surface area contributed by atoms with E-state index in [1.165, 1.54) is 5.56 Å². The fourth-order valence-corrected chi connectivity index (χ4v) is 3.99. The third-order valence-corrected chi connectivity index (χ3v) is 5.39. The molecule has 2 fully saturated rings. The third-order valence-electron chi connectivity index (χ3n) is 5.39. The molecule has 4 heteroatoms. The topological polar surface area (TPSA) is 57.6 Å². The molecule has 1 aliphatic heterocycles. The average molecular weight is 315 g/mol. The van der Waals surface area contributed by atoms with E-state index in [0.717, 1.165) is 38.8 Å². The smallest absolute Gasteiger partial charge is 0.306 e. The summed E-state index contributed by atoms with van der Waals surface area (Å²) in [6.07, 6.45) is 4.87. The minimum atomic E-state index is -0.708. The van der Waals surface area contributed by atoms with Gasteiger partial charge in [0.1, 0.15) is 0 Å². The largest absolute Gasteiger partial charge is 0.481 e. The van der Waals surface area contributed by atoms with E-state index in [1.54, 1.807) is 0 Å². The predicted molar refractivity (Wildman–Crippen MR) is 87.9 cm³/mol. The quantitative estimate of drug-likeness (QED) is 0.929.